The van der Waals surface area contributed by atoms with Crippen molar-refractivity contribution < 1.29 is 0 Å². The van der Waals surface area contributed by atoms with Gasteiger partial charge in [0.2, 0.25) is 0 Å². The standard InChI is InChI=1S/C10H25N3/c1-4-5-6-9(2)7-8-10(3)12-13-11/h9-10,12-13H,4-8,11H2,1-3H3. The largest absolute Gasteiger partial charge is 0.258 e. The fourth-order valence-electron chi connectivity index (χ4n) is 1.45. The highest BCUT2D eigenvalue weighted by Crippen LogP contribution is 2.14. The van der Waals surface area contributed by atoms with Gasteiger partial charge in [-0.15, -0.1) is 0 Å². The maximum Gasteiger partial charge on any atom is 0.0197 e. The molecular formula is C10H25N3. The molecule has 2 unspecified atom stereocenters. The highest BCUT2D eigenvalue weighted by atomic mass is 15.5. The molecule has 0 radical (unpaired) electrons. The van der Waals surface area contributed by atoms with Gasteiger partial charge in [-0.25, -0.2) is 5.43 Å². The molecule has 3 heteroatoms. The zero-order valence-corrected chi connectivity index (χ0v) is 9.27. The topological polar surface area (TPSA) is 50.1 Å². The minimum Gasteiger partial charge on any atom is -0.258 e. The zero-order chi connectivity index (χ0) is 10.1. The Morgan fingerprint density at radius 1 is 1.15 bits per heavy atom. The number of nitrogens with two attached hydrogens (primary N) is 1. The fraction of sp³-hybridized carbons (Fsp3) is 1.00. The highest BCUT2D eigenvalue weighted by molar-refractivity contribution is 4.60. The molecule has 0 aromatic heterocycles. The van der Waals surface area contributed by atoms with Gasteiger partial charge < -0.3 is 0 Å². The molecule has 0 bridgehead atoms. The van der Waals surface area contributed by atoms with E-state index in [1.54, 1.807) is 0 Å². The Bertz CT molecular complexity index is 106. The van der Waals surface area contributed by atoms with Gasteiger partial charge in [0.05, 0.1) is 0 Å². The van der Waals surface area contributed by atoms with Crippen LogP contribution in [0.3, 0.4) is 0 Å². The quantitative estimate of drug-likeness (QED) is 0.402. The van der Waals surface area contributed by atoms with E-state index >= 15 is 0 Å². The molecule has 2 atom stereocenters. The van der Waals surface area contributed by atoms with Gasteiger partial charge in [0.25, 0.3) is 0 Å². The third kappa shape index (κ3) is 8.22. The monoisotopic (exact) mass is 187 g/mol. The van der Waals surface area contributed by atoms with E-state index in [-0.39, 0.29) is 0 Å². The third-order valence-corrected chi connectivity index (χ3v) is 2.47. The smallest absolute Gasteiger partial charge is 0.0197 e. The van der Waals surface area contributed by atoms with E-state index in [0.29, 0.717) is 6.04 Å². The van der Waals surface area contributed by atoms with Gasteiger partial charge >= 0.3 is 0 Å². The Labute approximate surface area is 82.4 Å². The van der Waals surface area contributed by atoms with Crippen LogP contribution in [0.2, 0.25) is 0 Å². The molecule has 0 spiro atoms. The van der Waals surface area contributed by atoms with E-state index in [0.717, 1.165) is 5.92 Å². The average molecular weight is 187 g/mol. The van der Waals surface area contributed by atoms with Crippen molar-refractivity contribution in [2.24, 2.45) is 11.8 Å². The average Bonchev–Trinajstić information content (AvgIpc) is 2.12. The molecule has 0 aromatic carbocycles. The fourth-order valence-corrected chi connectivity index (χ4v) is 1.45. The summed E-state index contributed by atoms with van der Waals surface area (Å²) in [5.74, 6) is 6.00. The van der Waals surface area contributed by atoms with Crippen LogP contribution in [-0.2, 0) is 0 Å². The lowest BCUT2D eigenvalue weighted by molar-refractivity contribution is 0.381. The maximum atomic E-state index is 5.15. The van der Waals surface area contributed by atoms with E-state index in [4.69, 9.17) is 5.84 Å². The Hall–Kier alpha value is -0.120. The first-order valence-corrected chi connectivity index (χ1v) is 5.41. The Kier molecular flexibility index (Phi) is 8.40. The molecule has 0 aliphatic carbocycles. The van der Waals surface area contributed by atoms with Gasteiger partial charge in [-0.2, -0.15) is 5.53 Å². The van der Waals surface area contributed by atoms with Gasteiger partial charge in [0.15, 0.2) is 0 Å². The number of nitrogens with one attached hydrogen (secondary N) is 2. The van der Waals surface area contributed by atoms with Crippen molar-refractivity contribution in [3.63, 3.8) is 0 Å². The number of hydrogen-bond donors (Lipinski definition) is 3. The highest BCUT2D eigenvalue weighted by Gasteiger charge is 2.04. The number of unbranched alkanes of at least 4 members (excludes halogenated alkanes) is 1. The van der Waals surface area contributed by atoms with Crippen molar-refractivity contribution in [3.05, 3.63) is 0 Å². The van der Waals surface area contributed by atoms with Gasteiger partial charge in [0.1, 0.15) is 0 Å². The van der Waals surface area contributed by atoms with Crippen LogP contribution in [0, 0.1) is 5.92 Å². The van der Waals surface area contributed by atoms with Crippen LogP contribution in [-0.4, -0.2) is 6.04 Å². The van der Waals surface area contributed by atoms with E-state index in [1.165, 1.54) is 32.1 Å². The van der Waals surface area contributed by atoms with Crippen molar-refractivity contribution >= 4 is 0 Å². The molecule has 80 valence electrons. The molecule has 0 aromatic rings. The molecule has 0 saturated carbocycles. The summed E-state index contributed by atoms with van der Waals surface area (Å²) in [6, 6.07) is 0.467. The first-order valence-electron chi connectivity index (χ1n) is 5.41. The summed E-state index contributed by atoms with van der Waals surface area (Å²) in [4.78, 5) is 0. The van der Waals surface area contributed by atoms with Gasteiger partial charge in [0, 0.05) is 6.04 Å². The van der Waals surface area contributed by atoms with Crippen LogP contribution >= 0.6 is 0 Å². The van der Waals surface area contributed by atoms with Gasteiger partial charge in [-0.3, -0.25) is 5.84 Å². The normalized spacial score (nSPS) is 15.7. The molecule has 0 amide bonds. The molecule has 0 heterocycles. The Balaban J connectivity index is 3.29. The third-order valence-electron chi connectivity index (χ3n) is 2.47. The minimum atomic E-state index is 0.467. The molecule has 0 rings (SSSR count). The van der Waals surface area contributed by atoms with Gasteiger partial charge in [-0.1, -0.05) is 33.1 Å². The number of rotatable bonds is 8. The molecule has 3 nitrogen and oxygen atoms in total. The summed E-state index contributed by atoms with van der Waals surface area (Å²) in [7, 11) is 0. The van der Waals surface area contributed by atoms with Crippen LogP contribution in [0.1, 0.15) is 52.9 Å². The van der Waals surface area contributed by atoms with E-state index < -0.39 is 0 Å². The van der Waals surface area contributed by atoms with Crippen LogP contribution in [0.15, 0.2) is 0 Å². The summed E-state index contributed by atoms with van der Waals surface area (Å²) in [6.07, 6.45) is 6.50. The second-order valence-electron chi connectivity index (χ2n) is 4.01. The summed E-state index contributed by atoms with van der Waals surface area (Å²) < 4.78 is 0. The summed E-state index contributed by atoms with van der Waals surface area (Å²) in [5.41, 5.74) is 5.47. The summed E-state index contributed by atoms with van der Waals surface area (Å²) in [5, 5.41) is 0. The molecule has 0 fully saturated rings. The number of hydrazine groups is 2. The second-order valence-corrected chi connectivity index (χ2v) is 4.01. The predicted octanol–water partition coefficient (Wildman–Crippen LogP) is 1.95. The van der Waals surface area contributed by atoms with E-state index in [1.807, 2.05) is 0 Å². The van der Waals surface area contributed by atoms with Crippen molar-refractivity contribution in [3.8, 4) is 0 Å². The maximum absolute atomic E-state index is 5.15. The first-order chi connectivity index (χ1) is 6.20. The van der Waals surface area contributed by atoms with Crippen molar-refractivity contribution in [2.45, 2.75) is 58.9 Å². The molecule has 0 aliphatic rings. The van der Waals surface area contributed by atoms with E-state index in [9.17, 15) is 0 Å². The Morgan fingerprint density at radius 2 is 1.85 bits per heavy atom. The minimum absolute atomic E-state index is 0.467. The second kappa shape index (κ2) is 8.48. The molecule has 0 saturated heterocycles. The molecule has 13 heavy (non-hydrogen) atoms. The first kappa shape index (κ1) is 12.9. The lowest BCUT2D eigenvalue weighted by Gasteiger charge is -2.15. The van der Waals surface area contributed by atoms with Crippen LogP contribution in [0.25, 0.3) is 0 Å². The lowest BCUT2D eigenvalue weighted by Crippen LogP contribution is -2.43. The number of hydrogen-bond acceptors (Lipinski definition) is 3. The predicted molar refractivity (Wildman–Crippen MR) is 57.8 cm³/mol. The molecule has 0 aliphatic heterocycles. The lowest BCUT2D eigenvalue weighted by atomic mass is 9.97. The van der Waals surface area contributed by atoms with Crippen LogP contribution < -0.4 is 16.8 Å². The van der Waals surface area contributed by atoms with Gasteiger partial charge in [-0.05, 0) is 25.7 Å². The van der Waals surface area contributed by atoms with E-state index in [2.05, 4.69) is 31.7 Å². The van der Waals surface area contributed by atoms with Crippen molar-refractivity contribution in [2.75, 3.05) is 0 Å². The van der Waals surface area contributed by atoms with Crippen molar-refractivity contribution in [1.82, 2.24) is 11.0 Å². The van der Waals surface area contributed by atoms with Crippen molar-refractivity contribution in [1.29, 1.82) is 0 Å². The summed E-state index contributed by atoms with van der Waals surface area (Å²) >= 11 is 0. The van der Waals surface area contributed by atoms with Crippen LogP contribution in [0.5, 0.6) is 0 Å². The summed E-state index contributed by atoms with van der Waals surface area (Å²) in [6.45, 7) is 6.72. The Morgan fingerprint density at radius 3 is 2.38 bits per heavy atom. The molecule has 4 N–H and O–H groups in total. The zero-order valence-electron chi connectivity index (χ0n) is 9.27. The molecular weight excluding hydrogens is 162 g/mol. The van der Waals surface area contributed by atoms with Crippen LogP contribution in [0.4, 0.5) is 0 Å². The SMILES string of the molecule is CCCCC(C)CCC(C)NNN.